The lowest BCUT2D eigenvalue weighted by Gasteiger charge is -2.09. The van der Waals surface area contributed by atoms with E-state index in [1.807, 2.05) is 24.3 Å². The van der Waals surface area contributed by atoms with Gasteiger partial charge in [0.2, 0.25) is 0 Å². The van der Waals surface area contributed by atoms with Crippen molar-refractivity contribution < 1.29 is 8.78 Å². The Hall–Kier alpha value is -2.34. The van der Waals surface area contributed by atoms with Crippen molar-refractivity contribution in [3.8, 4) is 0 Å². The fourth-order valence-electron chi connectivity index (χ4n) is 1.87. The lowest BCUT2D eigenvalue weighted by atomic mass is 10.0. The number of thiocarbonyl (C=S) groups is 1. The molecule has 120 valence electrons. The van der Waals surface area contributed by atoms with Gasteiger partial charge in [0, 0.05) is 5.69 Å². The predicted molar refractivity (Wildman–Crippen MR) is 93.8 cm³/mol. The average Bonchev–Trinajstić information content (AvgIpc) is 2.51. The van der Waals surface area contributed by atoms with Crippen LogP contribution in [0.2, 0.25) is 0 Å². The summed E-state index contributed by atoms with van der Waals surface area (Å²) < 4.78 is 25.9. The van der Waals surface area contributed by atoms with Gasteiger partial charge in [0.25, 0.3) is 0 Å². The molecule has 0 bridgehead atoms. The van der Waals surface area contributed by atoms with Gasteiger partial charge in [0.1, 0.15) is 0 Å². The van der Waals surface area contributed by atoms with Gasteiger partial charge >= 0.3 is 0 Å². The molecule has 0 amide bonds. The summed E-state index contributed by atoms with van der Waals surface area (Å²) in [5, 5.41) is 7.18. The summed E-state index contributed by atoms with van der Waals surface area (Å²) in [6.07, 6.45) is 1.36. The van der Waals surface area contributed by atoms with Crippen molar-refractivity contribution in [2.75, 3.05) is 5.32 Å². The largest absolute Gasteiger partial charge is 0.331 e. The molecule has 0 saturated heterocycles. The lowest BCUT2D eigenvalue weighted by Crippen LogP contribution is -2.23. The Balaban J connectivity index is 1.89. The number of benzene rings is 2. The van der Waals surface area contributed by atoms with Crippen LogP contribution in [-0.4, -0.2) is 11.3 Å². The molecule has 0 spiro atoms. The van der Waals surface area contributed by atoms with Gasteiger partial charge in [-0.1, -0.05) is 32.0 Å². The minimum atomic E-state index is -0.917. The molecule has 6 heteroatoms. The quantitative estimate of drug-likeness (QED) is 0.494. The molecule has 2 aromatic rings. The van der Waals surface area contributed by atoms with E-state index in [-0.39, 0.29) is 0 Å². The van der Waals surface area contributed by atoms with E-state index < -0.39 is 11.6 Å². The van der Waals surface area contributed by atoms with Crippen molar-refractivity contribution in [3.63, 3.8) is 0 Å². The van der Waals surface area contributed by atoms with Gasteiger partial charge in [0.05, 0.1) is 6.21 Å². The van der Waals surface area contributed by atoms with Gasteiger partial charge < -0.3 is 5.32 Å². The molecule has 0 saturated carbocycles. The van der Waals surface area contributed by atoms with E-state index >= 15 is 0 Å². The zero-order valence-corrected chi connectivity index (χ0v) is 13.6. The van der Waals surface area contributed by atoms with Crippen molar-refractivity contribution in [1.29, 1.82) is 0 Å². The fraction of sp³-hybridized carbons (Fsp3) is 0.176. The van der Waals surface area contributed by atoms with E-state index in [2.05, 4.69) is 29.7 Å². The zero-order chi connectivity index (χ0) is 16.8. The third-order valence-electron chi connectivity index (χ3n) is 3.16. The Morgan fingerprint density at radius 1 is 1.09 bits per heavy atom. The van der Waals surface area contributed by atoms with Crippen LogP contribution in [0.25, 0.3) is 0 Å². The Kier molecular flexibility index (Phi) is 5.76. The van der Waals surface area contributed by atoms with Gasteiger partial charge in [-0.3, -0.25) is 5.43 Å². The van der Waals surface area contributed by atoms with Crippen LogP contribution in [0.1, 0.15) is 30.9 Å². The monoisotopic (exact) mass is 333 g/mol. The second-order valence-electron chi connectivity index (χ2n) is 5.27. The molecule has 2 aromatic carbocycles. The molecule has 23 heavy (non-hydrogen) atoms. The molecule has 0 aliphatic rings. The summed E-state index contributed by atoms with van der Waals surface area (Å²) in [6, 6.07) is 11.4. The fourth-order valence-corrected chi connectivity index (χ4v) is 2.04. The molecule has 0 heterocycles. The van der Waals surface area contributed by atoms with Crippen LogP contribution in [-0.2, 0) is 0 Å². The van der Waals surface area contributed by atoms with E-state index in [1.165, 1.54) is 17.8 Å². The zero-order valence-electron chi connectivity index (χ0n) is 12.8. The van der Waals surface area contributed by atoms with Crippen molar-refractivity contribution in [1.82, 2.24) is 5.43 Å². The van der Waals surface area contributed by atoms with Crippen LogP contribution in [0.3, 0.4) is 0 Å². The number of hydrazone groups is 1. The van der Waals surface area contributed by atoms with Crippen LogP contribution in [0, 0.1) is 11.6 Å². The third kappa shape index (κ3) is 5.10. The molecule has 0 aliphatic carbocycles. The summed E-state index contributed by atoms with van der Waals surface area (Å²) in [6.45, 7) is 4.25. The van der Waals surface area contributed by atoms with Gasteiger partial charge in [0.15, 0.2) is 16.7 Å². The van der Waals surface area contributed by atoms with E-state index in [4.69, 9.17) is 12.2 Å². The summed E-state index contributed by atoms with van der Waals surface area (Å²) in [5.41, 5.74) is 5.14. The number of hydrogen-bond acceptors (Lipinski definition) is 2. The molecule has 0 aromatic heterocycles. The molecule has 0 unspecified atom stereocenters. The number of hydrogen-bond donors (Lipinski definition) is 2. The standard InChI is InChI=1S/C17H17F2N3S/c1-11(2)13-4-6-14(7-5-13)21-17(23)22-20-10-12-3-8-15(18)16(19)9-12/h3-11H,1-2H3,(H2,21,22,23). The first-order chi connectivity index (χ1) is 11.0. The van der Waals surface area contributed by atoms with E-state index in [1.54, 1.807) is 0 Å². The first kappa shape index (κ1) is 17.0. The topological polar surface area (TPSA) is 36.4 Å². The number of nitrogens with zero attached hydrogens (tertiary/aromatic N) is 1. The molecule has 0 aliphatic heterocycles. The van der Waals surface area contributed by atoms with Crippen LogP contribution in [0.5, 0.6) is 0 Å². The molecule has 0 radical (unpaired) electrons. The molecular formula is C17H17F2N3S. The Morgan fingerprint density at radius 3 is 2.39 bits per heavy atom. The smallest absolute Gasteiger partial charge is 0.191 e. The molecule has 2 N–H and O–H groups in total. The van der Waals surface area contributed by atoms with Crippen molar-refractivity contribution in [2.45, 2.75) is 19.8 Å². The molecule has 0 fully saturated rings. The molecule has 2 rings (SSSR count). The highest BCUT2D eigenvalue weighted by molar-refractivity contribution is 7.80. The van der Waals surface area contributed by atoms with E-state index in [0.29, 0.717) is 16.6 Å². The Labute approximate surface area is 139 Å². The second-order valence-corrected chi connectivity index (χ2v) is 5.68. The number of rotatable bonds is 4. The van der Waals surface area contributed by atoms with Gasteiger partial charge in [-0.15, -0.1) is 0 Å². The number of halogens is 2. The average molecular weight is 333 g/mol. The maximum Gasteiger partial charge on any atom is 0.191 e. The van der Waals surface area contributed by atoms with Crippen LogP contribution in [0.15, 0.2) is 47.6 Å². The molecule has 0 atom stereocenters. The number of anilines is 1. The van der Waals surface area contributed by atoms with Gasteiger partial charge in [-0.2, -0.15) is 5.10 Å². The summed E-state index contributed by atoms with van der Waals surface area (Å²) in [7, 11) is 0. The molecular weight excluding hydrogens is 316 g/mol. The maximum absolute atomic E-state index is 13.0. The first-order valence-corrected chi connectivity index (χ1v) is 7.51. The van der Waals surface area contributed by atoms with Gasteiger partial charge in [-0.25, -0.2) is 8.78 Å². The Bertz CT molecular complexity index is 712. The highest BCUT2D eigenvalue weighted by Crippen LogP contribution is 2.17. The number of nitrogens with one attached hydrogen (secondary N) is 2. The highest BCUT2D eigenvalue weighted by atomic mass is 32.1. The van der Waals surface area contributed by atoms with Crippen molar-refractivity contribution in [3.05, 3.63) is 65.2 Å². The first-order valence-electron chi connectivity index (χ1n) is 7.11. The Morgan fingerprint density at radius 2 is 1.78 bits per heavy atom. The lowest BCUT2D eigenvalue weighted by molar-refractivity contribution is 0.508. The van der Waals surface area contributed by atoms with Crippen molar-refractivity contribution in [2.24, 2.45) is 5.10 Å². The summed E-state index contributed by atoms with van der Waals surface area (Å²) in [5.74, 6) is -1.34. The van der Waals surface area contributed by atoms with Crippen molar-refractivity contribution >= 4 is 29.2 Å². The third-order valence-corrected chi connectivity index (χ3v) is 3.35. The normalized spacial score (nSPS) is 11.0. The highest BCUT2D eigenvalue weighted by Gasteiger charge is 2.01. The van der Waals surface area contributed by atoms with Crippen LogP contribution in [0.4, 0.5) is 14.5 Å². The van der Waals surface area contributed by atoms with E-state index in [0.717, 1.165) is 17.8 Å². The maximum atomic E-state index is 13.0. The van der Waals surface area contributed by atoms with Crippen LogP contribution < -0.4 is 10.7 Å². The summed E-state index contributed by atoms with van der Waals surface area (Å²) in [4.78, 5) is 0. The van der Waals surface area contributed by atoms with Crippen LogP contribution >= 0.6 is 12.2 Å². The minimum Gasteiger partial charge on any atom is -0.331 e. The minimum absolute atomic E-state index is 0.307. The SMILES string of the molecule is CC(C)c1ccc(NC(=S)NN=Cc2ccc(F)c(F)c2)cc1. The molecule has 3 nitrogen and oxygen atoms in total. The predicted octanol–water partition coefficient (Wildman–Crippen LogP) is 4.41. The summed E-state index contributed by atoms with van der Waals surface area (Å²) >= 11 is 5.11. The van der Waals surface area contributed by atoms with Gasteiger partial charge in [-0.05, 0) is 53.5 Å². The van der Waals surface area contributed by atoms with E-state index in [9.17, 15) is 8.78 Å². The second kappa shape index (κ2) is 7.78.